The second kappa shape index (κ2) is 12.4. The third kappa shape index (κ3) is 7.04. The van der Waals surface area contributed by atoms with Gasteiger partial charge in [0.15, 0.2) is 5.96 Å². The van der Waals surface area contributed by atoms with Crippen LogP contribution in [0.5, 0.6) is 0 Å². The SMILES string of the molecule is CCNC(=NCC(C)CN1CCOCC1)N1CCN(c2ccccn2)CC1.I. The standard InChI is InChI=1S/C20H34N6O.HI/c1-3-21-20(23-16-18(2)17-24-12-14-27-15-13-24)26-10-8-25(9-11-26)19-6-4-5-7-22-19;/h4-7,18H,3,8-17H2,1-2H3,(H,21,23);1H. The molecule has 0 bridgehead atoms. The molecular formula is C20H35IN6O. The minimum Gasteiger partial charge on any atom is -0.379 e. The van der Waals surface area contributed by atoms with Crippen LogP contribution in [0.3, 0.4) is 0 Å². The predicted octanol–water partition coefficient (Wildman–Crippen LogP) is 1.76. The number of hydrogen-bond acceptors (Lipinski definition) is 5. The summed E-state index contributed by atoms with van der Waals surface area (Å²) in [5.41, 5.74) is 0. The lowest BCUT2D eigenvalue weighted by molar-refractivity contribution is 0.0323. The zero-order valence-electron chi connectivity index (χ0n) is 17.2. The molecule has 1 aromatic rings. The molecule has 3 heterocycles. The first kappa shape index (κ1) is 23.2. The second-order valence-electron chi connectivity index (χ2n) is 7.37. The summed E-state index contributed by atoms with van der Waals surface area (Å²) < 4.78 is 5.44. The zero-order valence-corrected chi connectivity index (χ0v) is 19.5. The van der Waals surface area contributed by atoms with Crippen molar-refractivity contribution in [2.24, 2.45) is 10.9 Å². The van der Waals surface area contributed by atoms with Gasteiger partial charge >= 0.3 is 0 Å². The molecule has 1 aromatic heterocycles. The van der Waals surface area contributed by atoms with Gasteiger partial charge in [0.25, 0.3) is 0 Å². The topological polar surface area (TPSA) is 56.2 Å². The lowest BCUT2D eigenvalue weighted by atomic mass is 10.1. The molecule has 0 aromatic carbocycles. The Kier molecular flexibility index (Phi) is 10.3. The molecule has 2 aliphatic heterocycles. The molecule has 8 heteroatoms. The number of pyridine rings is 1. The molecule has 3 rings (SSSR count). The molecular weight excluding hydrogens is 467 g/mol. The number of anilines is 1. The third-order valence-corrected chi connectivity index (χ3v) is 5.11. The van der Waals surface area contributed by atoms with Crippen molar-refractivity contribution in [3.63, 3.8) is 0 Å². The van der Waals surface area contributed by atoms with E-state index in [1.807, 2.05) is 12.3 Å². The van der Waals surface area contributed by atoms with E-state index in [0.29, 0.717) is 5.92 Å². The van der Waals surface area contributed by atoms with Crippen LogP contribution in [0.4, 0.5) is 5.82 Å². The van der Waals surface area contributed by atoms with Gasteiger partial charge in [-0.3, -0.25) is 9.89 Å². The van der Waals surface area contributed by atoms with Crippen molar-refractivity contribution in [1.82, 2.24) is 20.1 Å². The molecule has 7 nitrogen and oxygen atoms in total. The normalized spacial score (nSPS) is 19.9. The van der Waals surface area contributed by atoms with Crippen molar-refractivity contribution < 1.29 is 4.74 Å². The number of hydrogen-bond donors (Lipinski definition) is 1. The minimum atomic E-state index is 0. The molecule has 0 saturated carbocycles. The van der Waals surface area contributed by atoms with Crippen molar-refractivity contribution in [1.29, 1.82) is 0 Å². The van der Waals surface area contributed by atoms with Crippen molar-refractivity contribution >= 4 is 35.8 Å². The molecule has 0 amide bonds. The lowest BCUT2D eigenvalue weighted by Crippen LogP contribution is -2.53. The van der Waals surface area contributed by atoms with Crippen LogP contribution in [0.15, 0.2) is 29.4 Å². The summed E-state index contributed by atoms with van der Waals surface area (Å²) in [5, 5.41) is 3.47. The molecule has 1 unspecified atom stereocenters. The van der Waals surface area contributed by atoms with Crippen molar-refractivity contribution in [2.45, 2.75) is 13.8 Å². The Balaban J connectivity index is 0.00000280. The van der Waals surface area contributed by atoms with E-state index in [4.69, 9.17) is 9.73 Å². The van der Waals surface area contributed by atoms with Crippen LogP contribution in [0.25, 0.3) is 0 Å². The average Bonchev–Trinajstić information content (AvgIpc) is 2.73. The van der Waals surface area contributed by atoms with Crippen LogP contribution in [0.1, 0.15) is 13.8 Å². The number of nitrogens with zero attached hydrogens (tertiary/aromatic N) is 5. The van der Waals surface area contributed by atoms with Crippen LogP contribution >= 0.6 is 24.0 Å². The highest BCUT2D eigenvalue weighted by Crippen LogP contribution is 2.13. The summed E-state index contributed by atoms with van der Waals surface area (Å²) >= 11 is 0. The highest BCUT2D eigenvalue weighted by Gasteiger charge is 2.21. The molecule has 0 aliphatic carbocycles. The molecule has 158 valence electrons. The summed E-state index contributed by atoms with van der Waals surface area (Å²) in [7, 11) is 0. The zero-order chi connectivity index (χ0) is 18.9. The third-order valence-electron chi connectivity index (χ3n) is 5.11. The molecule has 28 heavy (non-hydrogen) atoms. The van der Waals surface area contributed by atoms with Crippen LogP contribution in [0, 0.1) is 5.92 Å². The van der Waals surface area contributed by atoms with Gasteiger partial charge in [-0.2, -0.15) is 0 Å². The van der Waals surface area contributed by atoms with Gasteiger partial charge in [-0.05, 0) is 25.0 Å². The number of guanidine groups is 1. The van der Waals surface area contributed by atoms with E-state index in [-0.39, 0.29) is 24.0 Å². The Morgan fingerprint density at radius 3 is 2.57 bits per heavy atom. The summed E-state index contributed by atoms with van der Waals surface area (Å²) in [5.74, 6) is 2.66. The van der Waals surface area contributed by atoms with Crippen LogP contribution in [0.2, 0.25) is 0 Å². The molecule has 0 radical (unpaired) electrons. The van der Waals surface area contributed by atoms with Gasteiger partial charge in [0.2, 0.25) is 0 Å². The lowest BCUT2D eigenvalue weighted by Gasteiger charge is -2.37. The fourth-order valence-electron chi connectivity index (χ4n) is 3.64. The van der Waals surface area contributed by atoms with E-state index in [9.17, 15) is 0 Å². The monoisotopic (exact) mass is 502 g/mol. The van der Waals surface area contributed by atoms with Crippen molar-refractivity contribution in [3.05, 3.63) is 24.4 Å². The number of ether oxygens (including phenoxy) is 1. The van der Waals surface area contributed by atoms with Gasteiger partial charge in [-0.15, -0.1) is 24.0 Å². The molecule has 2 aliphatic rings. The van der Waals surface area contributed by atoms with Gasteiger partial charge < -0.3 is 19.9 Å². The van der Waals surface area contributed by atoms with Gasteiger partial charge in [0.05, 0.1) is 13.2 Å². The smallest absolute Gasteiger partial charge is 0.194 e. The summed E-state index contributed by atoms with van der Waals surface area (Å²) in [6, 6.07) is 6.10. The van der Waals surface area contributed by atoms with Gasteiger partial charge in [-0.1, -0.05) is 13.0 Å². The molecule has 2 saturated heterocycles. The van der Waals surface area contributed by atoms with E-state index in [0.717, 1.165) is 83.9 Å². The van der Waals surface area contributed by atoms with Crippen LogP contribution in [-0.2, 0) is 4.74 Å². The van der Waals surface area contributed by atoms with Crippen molar-refractivity contribution in [3.8, 4) is 0 Å². The Morgan fingerprint density at radius 2 is 1.93 bits per heavy atom. The van der Waals surface area contributed by atoms with E-state index >= 15 is 0 Å². The maximum atomic E-state index is 5.44. The largest absolute Gasteiger partial charge is 0.379 e. The fourth-order valence-corrected chi connectivity index (χ4v) is 3.64. The molecule has 1 atom stereocenters. The predicted molar refractivity (Wildman–Crippen MR) is 126 cm³/mol. The molecule has 1 N–H and O–H groups in total. The maximum Gasteiger partial charge on any atom is 0.194 e. The summed E-state index contributed by atoms with van der Waals surface area (Å²) in [6.45, 7) is 15.0. The van der Waals surface area contributed by atoms with E-state index in [2.05, 4.69) is 51.0 Å². The average molecular weight is 502 g/mol. The highest BCUT2D eigenvalue weighted by atomic mass is 127. The van der Waals surface area contributed by atoms with Gasteiger partial charge in [0, 0.05) is 65.1 Å². The van der Waals surface area contributed by atoms with Crippen molar-refractivity contribution in [2.75, 3.05) is 77.0 Å². The van der Waals surface area contributed by atoms with Gasteiger partial charge in [0.1, 0.15) is 5.82 Å². The van der Waals surface area contributed by atoms with E-state index in [1.165, 1.54) is 0 Å². The molecule has 0 spiro atoms. The quantitative estimate of drug-likeness (QED) is 0.364. The first-order chi connectivity index (χ1) is 13.3. The Bertz CT molecular complexity index is 573. The summed E-state index contributed by atoms with van der Waals surface area (Å²) in [4.78, 5) is 16.6. The highest BCUT2D eigenvalue weighted by molar-refractivity contribution is 14.0. The van der Waals surface area contributed by atoms with Crippen LogP contribution < -0.4 is 10.2 Å². The van der Waals surface area contributed by atoms with Gasteiger partial charge in [-0.25, -0.2) is 4.98 Å². The number of aliphatic imine (C=N–C) groups is 1. The Morgan fingerprint density at radius 1 is 1.18 bits per heavy atom. The second-order valence-corrected chi connectivity index (χ2v) is 7.37. The fraction of sp³-hybridized carbons (Fsp3) is 0.700. The number of halogens is 1. The van der Waals surface area contributed by atoms with E-state index < -0.39 is 0 Å². The summed E-state index contributed by atoms with van der Waals surface area (Å²) in [6.07, 6.45) is 1.86. The first-order valence-electron chi connectivity index (χ1n) is 10.3. The van der Waals surface area contributed by atoms with E-state index in [1.54, 1.807) is 0 Å². The molecule has 2 fully saturated rings. The number of morpholine rings is 1. The Labute approximate surface area is 186 Å². The number of nitrogens with one attached hydrogen (secondary N) is 1. The number of aromatic nitrogens is 1. The number of rotatable bonds is 6. The Hall–Kier alpha value is -1.13. The maximum absolute atomic E-state index is 5.44. The first-order valence-corrected chi connectivity index (χ1v) is 10.3. The minimum absolute atomic E-state index is 0. The van der Waals surface area contributed by atoms with Crippen LogP contribution in [-0.4, -0.2) is 92.9 Å². The number of piperazine rings is 1.